The Morgan fingerprint density at radius 3 is 2.78 bits per heavy atom. The number of fused-ring (bicyclic) bond motifs is 1. The summed E-state index contributed by atoms with van der Waals surface area (Å²) in [5.41, 5.74) is 6.30. The number of hydrogen-bond acceptors (Lipinski definition) is 4. The highest BCUT2D eigenvalue weighted by atomic mass is 16.2. The van der Waals surface area contributed by atoms with Crippen LogP contribution in [0.5, 0.6) is 0 Å². The number of rotatable bonds is 5. The maximum absolute atomic E-state index is 11.9. The van der Waals surface area contributed by atoms with E-state index in [9.17, 15) is 4.79 Å². The number of aromatic nitrogens is 3. The van der Waals surface area contributed by atoms with Crippen molar-refractivity contribution in [1.82, 2.24) is 20.4 Å². The molecule has 0 saturated carbocycles. The Bertz CT molecular complexity index is 836. The summed E-state index contributed by atoms with van der Waals surface area (Å²) in [7, 11) is 0. The number of amides is 1. The van der Waals surface area contributed by atoms with Gasteiger partial charge in [0.2, 0.25) is 0 Å². The van der Waals surface area contributed by atoms with Gasteiger partial charge in [0.15, 0.2) is 0 Å². The van der Waals surface area contributed by atoms with Crippen molar-refractivity contribution in [2.24, 2.45) is 5.10 Å². The Morgan fingerprint density at radius 1 is 1.22 bits per heavy atom. The fraction of sp³-hybridized carbons (Fsp3) is 0.176. The summed E-state index contributed by atoms with van der Waals surface area (Å²) in [4.78, 5) is 11.9. The molecule has 3 aromatic rings. The second kappa shape index (κ2) is 6.83. The summed E-state index contributed by atoms with van der Waals surface area (Å²) >= 11 is 0. The van der Waals surface area contributed by atoms with E-state index in [2.05, 4.69) is 27.8 Å². The molecular formula is C17H17N5O. The third kappa shape index (κ3) is 3.60. The zero-order valence-electron chi connectivity index (χ0n) is 12.8. The van der Waals surface area contributed by atoms with Crippen molar-refractivity contribution in [1.29, 1.82) is 0 Å². The zero-order chi connectivity index (χ0) is 16.1. The molecule has 1 amide bonds. The van der Waals surface area contributed by atoms with Gasteiger partial charge in [-0.1, -0.05) is 48.5 Å². The highest BCUT2D eigenvalue weighted by Gasteiger charge is 2.07. The van der Waals surface area contributed by atoms with Gasteiger partial charge in [0, 0.05) is 0 Å². The lowest BCUT2D eigenvalue weighted by Crippen LogP contribution is -2.23. The normalized spacial score (nSPS) is 11.2. The number of aryl methyl sites for hydroxylation is 1. The summed E-state index contributed by atoms with van der Waals surface area (Å²) in [6.45, 7) is 2.18. The van der Waals surface area contributed by atoms with E-state index >= 15 is 0 Å². The van der Waals surface area contributed by atoms with Crippen molar-refractivity contribution < 1.29 is 4.79 Å². The molecule has 116 valence electrons. The first kappa shape index (κ1) is 14.9. The standard InChI is InChI=1S/C17H17N5O/c1-2-13-7-9-14(10-8-13)11-18-20-17(23)12-22-16-6-4-3-5-15(16)19-21-22/h3-11H,2,12H2,1H3,(H,20,23). The lowest BCUT2D eigenvalue weighted by molar-refractivity contribution is -0.121. The molecule has 0 aliphatic carbocycles. The van der Waals surface area contributed by atoms with Crippen LogP contribution in [0.3, 0.4) is 0 Å². The number of benzene rings is 2. The van der Waals surface area contributed by atoms with Crippen molar-refractivity contribution >= 4 is 23.2 Å². The topological polar surface area (TPSA) is 72.2 Å². The van der Waals surface area contributed by atoms with Gasteiger partial charge >= 0.3 is 0 Å². The third-order valence-electron chi connectivity index (χ3n) is 3.50. The van der Waals surface area contributed by atoms with Gasteiger partial charge in [0.1, 0.15) is 12.1 Å². The van der Waals surface area contributed by atoms with Crippen LogP contribution in [0.15, 0.2) is 53.6 Å². The minimum atomic E-state index is -0.248. The first-order valence-electron chi connectivity index (χ1n) is 7.45. The second-order valence-corrected chi connectivity index (χ2v) is 5.12. The smallest absolute Gasteiger partial charge is 0.261 e. The molecule has 0 saturated heterocycles. The van der Waals surface area contributed by atoms with E-state index in [0.717, 1.165) is 23.0 Å². The first-order chi connectivity index (χ1) is 11.3. The molecular weight excluding hydrogens is 290 g/mol. The molecule has 1 aromatic heterocycles. The summed E-state index contributed by atoms with van der Waals surface area (Å²) in [5.74, 6) is -0.248. The van der Waals surface area contributed by atoms with Crippen LogP contribution in [0.2, 0.25) is 0 Å². The number of para-hydroxylation sites is 1. The van der Waals surface area contributed by atoms with Crippen LogP contribution in [-0.4, -0.2) is 27.1 Å². The van der Waals surface area contributed by atoms with Crippen molar-refractivity contribution in [3.8, 4) is 0 Å². The van der Waals surface area contributed by atoms with Crippen LogP contribution in [0.1, 0.15) is 18.1 Å². The Balaban J connectivity index is 1.59. The molecule has 0 aliphatic heterocycles. The quantitative estimate of drug-likeness (QED) is 0.580. The number of nitrogens with zero attached hydrogens (tertiary/aromatic N) is 4. The minimum Gasteiger partial charge on any atom is -0.271 e. The van der Waals surface area contributed by atoms with Crippen LogP contribution in [0.4, 0.5) is 0 Å². The Morgan fingerprint density at radius 2 is 2.00 bits per heavy atom. The van der Waals surface area contributed by atoms with E-state index < -0.39 is 0 Å². The molecule has 0 spiro atoms. The predicted octanol–water partition coefficient (Wildman–Crippen LogP) is 2.14. The molecule has 1 N–H and O–H groups in total. The average molecular weight is 307 g/mol. The van der Waals surface area contributed by atoms with E-state index in [1.807, 2.05) is 48.5 Å². The van der Waals surface area contributed by atoms with E-state index in [-0.39, 0.29) is 12.5 Å². The van der Waals surface area contributed by atoms with E-state index in [1.165, 1.54) is 5.56 Å². The van der Waals surface area contributed by atoms with Crippen molar-refractivity contribution in [2.45, 2.75) is 19.9 Å². The molecule has 0 atom stereocenters. The summed E-state index contributed by atoms with van der Waals surface area (Å²) in [6, 6.07) is 15.5. The predicted molar refractivity (Wildman–Crippen MR) is 89.1 cm³/mol. The van der Waals surface area contributed by atoms with Crippen LogP contribution in [0, 0.1) is 0 Å². The van der Waals surface area contributed by atoms with Gasteiger partial charge in [-0.25, -0.2) is 10.1 Å². The van der Waals surface area contributed by atoms with Gasteiger partial charge in [-0.15, -0.1) is 5.10 Å². The second-order valence-electron chi connectivity index (χ2n) is 5.12. The van der Waals surface area contributed by atoms with E-state index in [4.69, 9.17) is 0 Å². The van der Waals surface area contributed by atoms with Gasteiger partial charge in [-0.2, -0.15) is 5.10 Å². The molecule has 0 unspecified atom stereocenters. The number of carbonyl (C=O) groups is 1. The molecule has 0 bridgehead atoms. The van der Waals surface area contributed by atoms with Gasteiger partial charge in [-0.05, 0) is 29.7 Å². The SMILES string of the molecule is CCc1ccc(C=NNC(=O)Cn2nnc3ccccc32)cc1. The van der Waals surface area contributed by atoms with Gasteiger partial charge in [-0.3, -0.25) is 4.79 Å². The molecule has 0 fully saturated rings. The Hall–Kier alpha value is -3.02. The van der Waals surface area contributed by atoms with Gasteiger partial charge in [0.25, 0.3) is 5.91 Å². The van der Waals surface area contributed by atoms with Crippen LogP contribution < -0.4 is 5.43 Å². The fourth-order valence-electron chi connectivity index (χ4n) is 2.22. The van der Waals surface area contributed by atoms with E-state index in [1.54, 1.807) is 10.9 Å². The van der Waals surface area contributed by atoms with E-state index in [0.29, 0.717) is 0 Å². The zero-order valence-corrected chi connectivity index (χ0v) is 12.8. The fourth-order valence-corrected chi connectivity index (χ4v) is 2.22. The number of hydrogen-bond donors (Lipinski definition) is 1. The Labute approximate surface area is 133 Å². The number of carbonyl (C=O) groups excluding carboxylic acids is 1. The lowest BCUT2D eigenvalue weighted by atomic mass is 10.1. The first-order valence-corrected chi connectivity index (χ1v) is 7.45. The van der Waals surface area contributed by atoms with Crippen LogP contribution in [-0.2, 0) is 17.8 Å². The average Bonchev–Trinajstić information content (AvgIpc) is 2.99. The van der Waals surface area contributed by atoms with Crippen molar-refractivity contribution in [2.75, 3.05) is 0 Å². The summed E-state index contributed by atoms with van der Waals surface area (Å²) < 4.78 is 1.55. The lowest BCUT2D eigenvalue weighted by Gasteiger charge is -2.01. The van der Waals surface area contributed by atoms with Crippen molar-refractivity contribution in [3.63, 3.8) is 0 Å². The molecule has 3 rings (SSSR count). The monoisotopic (exact) mass is 307 g/mol. The molecule has 0 aliphatic rings. The highest BCUT2D eigenvalue weighted by Crippen LogP contribution is 2.09. The molecule has 23 heavy (non-hydrogen) atoms. The van der Waals surface area contributed by atoms with Crippen LogP contribution in [0.25, 0.3) is 11.0 Å². The molecule has 1 heterocycles. The molecule has 2 aromatic carbocycles. The maximum Gasteiger partial charge on any atom is 0.261 e. The Kier molecular flexibility index (Phi) is 4.42. The highest BCUT2D eigenvalue weighted by molar-refractivity contribution is 5.83. The third-order valence-corrected chi connectivity index (χ3v) is 3.50. The molecule has 6 heteroatoms. The number of nitrogens with one attached hydrogen (secondary N) is 1. The van der Waals surface area contributed by atoms with Gasteiger partial charge in [0.05, 0.1) is 11.7 Å². The number of hydrazone groups is 1. The van der Waals surface area contributed by atoms with Crippen LogP contribution >= 0.6 is 0 Å². The maximum atomic E-state index is 11.9. The van der Waals surface area contributed by atoms with Gasteiger partial charge < -0.3 is 0 Å². The van der Waals surface area contributed by atoms with Crippen molar-refractivity contribution in [3.05, 3.63) is 59.7 Å². The minimum absolute atomic E-state index is 0.0760. The largest absolute Gasteiger partial charge is 0.271 e. The summed E-state index contributed by atoms with van der Waals surface area (Å²) in [5, 5.41) is 12.0. The molecule has 6 nitrogen and oxygen atoms in total. The molecule has 0 radical (unpaired) electrons. The summed E-state index contributed by atoms with van der Waals surface area (Å²) in [6.07, 6.45) is 2.62.